The molecule has 2 aromatic carbocycles. The average molecular weight is 438 g/mol. The number of nitrogens with zero attached hydrogens (tertiary/aromatic N) is 5. The fourth-order valence-corrected chi connectivity index (χ4v) is 4.65. The van der Waals surface area contributed by atoms with Gasteiger partial charge in [0.15, 0.2) is 0 Å². The average Bonchev–Trinajstić information content (AvgIpc) is 3.28. The largest absolute Gasteiger partial charge is 0.369 e. The standard InChI is InChI=1S/C27H24FN5/c1-31-13-15-32(16-14-31)21-7-5-19(6-8-21)20-10-12-33-25(18-30-26(33)17-20)22-9-11-29-27-23(22)3-2-4-24(27)28/h2-12,17-18H,13-16H2,1H3. The van der Waals surface area contributed by atoms with Gasteiger partial charge in [-0.05, 0) is 54.6 Å². The Balaban J connectivity index is 1.33. The van der Waals surface area contributed by atoms with Crippen molar-refractivity contribution in [2.45, 2.75) is 0 Å². The van der Waals surface area contributed by atoms with E-state index >= 15 is 0 Å². The molecule has 1 saturated heterocycles. The molecule has 0 bridgehead atoms. The number of aromatic nitrogens is 3. The molecule has 6 heteroatoms. The van der Waals surface area contributed by atoms with Crippen molar-refractivity contribution >= 4 is 22.2 Å². The molecule has 6 rings (SSSR count). The van der Waals surface area contributed by atoms with Crippen LogP contribution in [0.4, 0.5) is 10.1 Å². The molecule has 0 saturated carbocycles. The summed E-state index contributed by atoms with van der Waals surface area (Å²) < 4.78 is 16.3. The van der Waals surface area contributed by atoms with E-state index in [-0.39, 0.29) is 5.82 Å². The van der Waals surface area contributed by atoms with Gasteiger partial charge in [-0.2, -0.15) is 0 Å². The van der Waals surface area contributed by atoms with Crippen molar-refractivity contribution in [3.8, 4) is 22.4 Å². The lowest BCUT2D eigenvalue weighted by Crippen LogP contribution is -2.44. The van der Waals surface area contributed by atoms with E-state index in [9.17, 15) is 4.39 Å². The molecule has 4 heterocycles. The number of pyridine rings is 2. The van der Waals surface area contributed by atoms with E-state index in [1.165, 1.54) is 11.8 Å². The predicted octanol–water partition coefficient (Wildman–Crippen LogP) is 5.11. The number of benzene rings is 2. The molecule has 1 aliphatic rings. The van der Waals surface area contributed by atoms with E-state index in [1.807, 2.05) is 28.9 Å². The molecule has 0 amide bonds. The van der Waals surface area contributed by atoms with Gasteiger partial charge in [0.1, 0.15) is 17.0 Å². The number of hydrogen-bond donors (Lipinski definition) is 0. The third kappa shape index (κ3) is 3.52. The number of anilines is 1. The number of halogens is 1. The maximum Gasteiger partial charge on any atom is 0.149 e. The number of para-hydroxylation sites is 1. The monoisotopic (exact) mass is 437 g/mol. The molecular formula is C27H24FN5. The molecule has 3 aromatic heterocycles. The van der Waals surface area contributed by atoms with Crippen LogP contribution in [0.15, 0.2) is 79.3 Å². The summed E-state index contributed by atoms with van der Waals surface area (Å²) >= 11 is 0. The molecule has 1 aliphatic heterocycles. The first-order valence-electron chi connectivity index (χ1n) is 11.2. The number of piperazine rings is 1. The maximum atomic E-state index is 14.2. The number of rotatable bonds is 3. The zero-order chi connectivity index (χ0) is 22.4. The molecule has 0 N–H and O–H groups in total. The third-order valence-electron chi connectivity index (χ3n) is 6.58. The lowest BCUT2D eigenvalue weighted by molar-refractivity contribution is 0.313. The van der Waals surface area contributed by atoms with Crippen LogP contribution >= 0.6 is 0 Å². The number of likely N-dealkylation sites (N-methyl/N-ethyl adjacent to an activating group) is 1. The van der Waals surface area contributed by atoms with Crippen molar-refractivity contribution in [3.63, 3.8) is 0 Å². The van der Waals surface area contributed by atoms with Crippen LogP contribution in [0.1, 0.15) is 0 Å². The van der Waals surface area contributed by atoms with Crippen LogP contribution in [0.5, 0.6) is 0 Å². The van der Waals surface area contributed by atoms with Crippen LogP contribution < -0.4 is 4.90 Å². The Kier molecular flexibility index (Phi) is 4.80. The highest BCUT2D eigenvalue weighted by molar-refractivity contribution is 5.94. The SMILES string of the molecule is CN1CCN(c2ccc(-c3ccn4c(-c5ccnc6c(F)cccc56)cnc4c3)cc2)CC1. The Hall–Kier alpha value is -3.77. The minimum Gasteiger partial charge on any atom is -0.369 e. The van der Waals surface area contributed by atoms with Crippen LogP contribution in [0.3, 0.4) is 0 Å². The van der Waals surface area contributed by atoms with E-state index in [0.29, 0.717) is 5.52 Å². The van der Waals surface area contributed by atoms with E-state index < -0.39 is 0 Å². The Labute approximate surface area is 191 Å². The van der Waals surface area contributed by atoms with Crippen LogP contribution in [0.2, 0.25) is 0 Å². The maximum absolute atomic E-state index is 14.2. The summed E-state index contributed by atoms with van der Waals surface area (Å²) in [4.78, 5) is 13.7. The zero-order valence-electron chi connectivity index (χ0n) is 18.4. The van der Waals surface area contributed by atoms with Crippen molar-refractivity contribution in [2.24, 2.45) is 0 Å². The lowest BCUT2D eigenvalue weighted by Gasteiger charge is -2.34. The smallest absolute Gasteiger partial charge is 0.149 e. The molecule has 164 valence electrons. The van der Waals surface area contributed by atoms with Gasteiger partial charge in [-0.25, -0.2) is 9.37 Å². The second kappa shape index (κ2) is 7.98. The van der Waals surface area contributed by atoms with Crippen molar-refractivity contribution in [3.05, 3.63) is 85.1 Å². The van der Waals surface area contributed by atoms with Gasteiger partial charge in [0.25, 0.3) is 0 Å². The fourth-order valence-electron chi connectivity index (χ4n) is 4.65. The van der Waals surface area contributed by atoms with Gasteiger partial charge >= 0.3 is 0 Å². The Morgan fingerprint density at radius 3 is 2.48 bits per heavy atom. The summed E-state index contributed by atoms with van der Waals surface area (Å²) in [5.74, 6) is -0.314. The quantitative estimate of drug-likeness (QED) is 0.393. The number of fused-ring (bicyclic) bond motifs is 2. The summed E-state index contributed by atoms with van der Waals surface area (Å²) in [6, 6.07) is 20.0. The molecule has 33 heavy (non-hydrogen) atoms. The summed E-state index contributed by atoms with van der Waals surface area (Å²) in [7, 11) is 2.17. The van der Waals surface area contributed by atoms with Gasteiger partial charge in [0.2, 0.25) is 0 Å². The first kappa shape index (κ1) is 19.9. The molecule has 1 fully saturated rings. The zero-order valence-corrected chi connectivity index (χ0v) is 18.4. The molecule has 0 atom stereocenters. The second-order valence-corrected chi connectivity index (χ2v) is 8.62. The number of hydrogen-bond acceptors (Lipinski definition) is 4. The molecule has 5 aromatic rings. The summed E-state index contributed by atoms with van der Waals surface area (Å²) in [6.07, 6.45) is 5.53. The molecule has 0 aliphatic carbocycles. The van der Waals surface area contributed by atoms with Gasteiger partial charge in [-0.1, -0.05) is 24.3 Å². The van der Waals surface area contributed by atoms with Gasteiger partial charge < -0.3 is 9.80 Å². The molecule has 0 unspecified atom stereocenters. The summed E-state index contributed by atoms with van der Waals surface area (Å²) in [6.45, 7) is 4.32. The van der Waals surface area contributed by atoms with Crippen molar-refractivity contribution < 1.29 is 4.39 Å². The summed E-state index contributed by atoms with van der Waals surface area (Å²) in [5.41, 5.74) is 6.62. The van der Waals surface area contributed by atoms with E-state index in [1.54, 1.807) is 12.3 Å². The van der Waals surface area contributed by atoms with Crippen LogP contribution in [0.25, 0.3) is 38.9 Å². The topological polar surface area (TPSA) is 36.7 Å². The van der Waals surface area contributed by atoms with Crippen molar-refractivity contribution in [1.82, 2.24) is 19.3 Å². The Morgan fingerprint density at radius 2 is 1.67 bits per heavy atom. The summed E-state index contributed by atoms with van der Waals surface area (Å²) in [5, 5.41) is 0.780. The minimum atomic E-state index is -0.314. The highest BCUT2D eigenvalue weighted by Crippen LogP contribution is 2.31. The van der Waals surface area contributed by atoms with Gasteiger partial charge in [0, 0.05) is 55.2 Å². The van der Waals surface area contributed by atoms with Crippen LogP contribution in [0, 0.1) is 5.82 Å². The first-order valence-corrected chi connectivity index (χ1v) is 11.2. The predicted molar refractivity (Wildman–Crippen MR) is 131 cm³/mol. The van der Waals surface area contributed by atoms with Crippen molar-refractivity contribution in [1.29, 1.82) is 0 Å². The second-order valence-electron chi connectivity index (χ2n) is 8.62. The Morgan fingerprint density at radius 1 is 0.848 bits per heavy atom. The van der Waals surface area contributed by atoms with E-state index in [2.05, 4.69) is 63.2 Å². The minimum absolute atomic E-state index is 0.314. The molecular weight excluding hydrogens is 413 g/mol. The Bertz CT molecular complexity index is 1450. The molecule has 0 spiro atoms. The van der Waals surface area contributed by atoms with E-state index in [4.69, 9.17) is 0 Å². The highest BCUT2D eigenvalue weighted by Gasteiger charge is 2.15. The van der Waals surface area contributed by atoms with Gasteiger partial charge in [-0.3, -0.25) is 9.38 Å². The first-order chi connectivity index (χ1) is 16.2. The van der Waals surface area contributed by atoms with E-state index in [0.717, 1.165) is 59.6 Å². The molecule has 5 nitrogen and oxygen atoms in total. The van der Waals surface area contributed by atoms with Crippen molar-refractivity contribution in [2.75, 3.05) is 38.1 Å². The number of imidazole rings is 1. The highest BCUT2D eigenvalue weighted by atomic mass is 19.1. The fraction of sp³-hybridized carbons (Fsp3) is 0.185. The van der Waals surface area contributed by atoms with Crippen LogP contribution in [-0.2, 0) is 0 Å². The van der Waals surface area contributed by atoms with Crippen LogP contribution in [-0.4, -0.2) is 52.5 Å². The van der Waals surface area contributed by atoms with Gasteiger partial charge in [-0.15, -0.1) is 0 Å². The molecule has 0 radical (unpaired) electrons. The third-order valence-corrected chi connectivity index (χ3v) is 6.58. The normalized spacial score (nSPS) is 14.9. The lowest BCUT2D eigenvalue weighted by atomic mass is 10.1. The van der Waals surface area contributed by atoms with Gasteiger partial charge in [0.05, 0.1) is 11.9 Å².